The molecule has 0 unspecified atom stereocenters. The molecule has 1 aromatic rings. The first-order chi connectivity index (χ1) is 10.1. The van der Waals surface area contributed by atoms with Gasteiger partial charge in [0.05, 0.1) is 13.2 Å². The maximum Gasteiger partial charge on any atom is 0.282 e. The molecule has 2 rings (SSSR count). The van der Waals surface area contributed by atoms with Crippen LogP contribution in [0.1, 0.15) is 18.1 Å². The fourth-order valence-corrected chi connectivity index (χ4v) is 3.96. The van der Waals surface area contributed by atoms with Gasteiger partial charge in [0.1, 0.15) is 0 Å². The molecule has 21 heavy (non-hydrogen) atoms. The molecule has 1 saturated heterocycles. The minimum absolute atomic E-state index is 0.351. The summed E-state index contributed by atoms with van der Waals surface area (Å²) in [6.07, 6.45) is 0. The van der Waals surface area contributed by atoms with Gasteiger partial charge in [-0.3, -0.25) is 0 Å². The lowest BCUT2D eigenvalue weighted by Crippen LogP contribution is -2.48. The second-order valence-corrected chi connectivity index (χ2v) is 6.85. The van der Waals surface area contributed by atoms with Crippen LogP contribution in [0.5, 0.6) is 0 Å². The zero-order valence-corrected chi connectivity index (χ0v) is 13.2. The van der Waals surface area contributed by atoms with E-state index >= 15 is 0 Å². The number of nitrogens with zero attached hydrogens (tertiary/aromatic N) is 2. The number of ether oxygens (including phenoxy) is 1. The molecular formula is C14H23N3O3S. The highest BCUT2D eigenvalue weighted by atomic mass is 32.2. The van der Waals surface area contributed by atoms with Gasteiger partial charge < -0.3 is 10.5 Å². The van der Waals surface area contributed by atoms with Gasteiger partial charge in [0.2, 0.25) is 0 Å². The number of morpholine rings is 1. The van der Waals surface area contributed by atoms with Gasteiger partial charge in [-0.05, 0) is 11.1 Å². The van der Waals surface area contributed by atoms with Crippen LogP contribution in [0.2, 0.25) is 0 Å². The summed E-state index contributed by atoms with van der Waals surface area (Å²) in [5.74, 6) is 0. The maximum atomic E-state index is 12.7. The summed E-state index contributed by atoms with van der Waals surface area (Å²) in [4.78, 5) is 0. The number of benzene rings is 1. The smallest absolute Gasteiger partial charge is 0.282 e. The Hall–Kier alpha value is -0.990. The van der Waals surface area contributed by atoms with E-state index in [1.54, 1.807) is 0 Å². The van der Waals surface area contributed by atoms with Gasteiger partial charge in [-0.25, -0.2) is 0 Å². The summed E-state index contributed by atoms with van der Waals surface area (Å²) in [6.45, 7) is 4.78. The first-order valence-electron chi connectivity index (χ1n) is 7.19. The summed E-state index contributed by atoms with van der Waals surface area (Å²) in [7, 11) is -3.45. The van der Waals surface area contributed by atoms with Crippen LogP contribution in [-0.2, 0) is 28.0 Å². The Labute approximate surface area is 126 Å². The molecule has 0 atom stereocenters. The highest BCUT2D eigenvalue weighted by Crippen LogP contribution is 2.17. The Kier molecular flexibility index (Phi) is 5.72. The molecular weight excluding hydrogens is 290 g/mol. The van der Waals surface area contributed by atoms with Gasteiger partial charge in [-0.1, -0.05) is 31.2 Å². The first kappa shape index (κ1) is 16.4. The lowest BCUT2D eigenvalue weighted by molar-refractivity contribution is 0.0701. The molecule has 1 aliphatic heterocycles. The van der Waals surface area contributed by atoms with E-state index in [9.17, 15) is 8.42 Å². The van der Waals surface area contributed by atoms with Crippen LogP contribution in [0.15, 0.2) is 24.3 Å². The highest BCUT2D eigenvalue weighted by molar-refractivity contribution is 7.86. The Morgan fingerprint density at radius 1 is 1.24 bits per heavy atom. The molecule has 7 heteroatoms. The van der Waals surface area contributed by atoms with E-state index in [2.05, 4.69) is 0 Å². The molecule has 6 nitrogen and oxygen atoms in total. The van der Waals surface area contributed by atoms with Gasteiger partial charge in [0.25, 0.3) is 10.2 Å². The van der Waals surface area contributed by atoms with Crippen LogP contribution < -0.4 is 5.73 Å². The van der Waals surface area contributed by atoms with Crippen LogP contribution in [0.3, 0.4) is 0 Å². The van der Waals surface area contributed by atoms with Crippen molar-refractivity contribution < 1.29 is 13.2 Å². The van der Waals surface area contributed by atoms with Crippen molar-refractivity contribution in [2.24, 2.45) is 5.73 Å². The largest absolute Gasteiger partial charge is 0.379 e. The topological polar surface area (TPSA) is 75.9 Å². The van der Waals surface area contributed by atoms with Crippen LogP contribution in [-0.4, -0.2) is 49.9 Å². The van der Waals surface area contributed by atoms with Gasteiger partial charge in [-0.2, -0.15) is 17.0 Å². The van der Waals surface area contributed by atoms with E-state index in [0.29, 0.717) is 45.9 Å². The fourth-order valence-electron chi connectivity index (χ4n) is 2.40. The average molecular weight is 313 g/mol. The molecule has 0 bridgehead atoms. The first-order valence-corrected chi connectivity index (χ1v) is 8.59. The van der Waals surface area contributed by atoms with Gasteiger partial charge >= 0.3 is 0 Å². The van der Waals surface area contributed by atoms with Crippen LogP contribution in [0, 0.1) is 0 Å². The van der Waals surface area contributed by atoms with E-state index < -0.39 is 10.2 Å². The molecule has 0 amide bonds. The zero-order valence-electron chi connectivity index (χ0n) is 12.4. The zero-order chi connectivity index (χ0) is 15.3. The van der Waals surface area contributed by atoms with Crippen LogP contribution >= 0.6 is 0 Å². The van der Waals surface area contributed by atoms with Crippen molar-refractivity contribution in [2.75, 3.05) is 32.8 Å². The number of rotatable bonds is 6. The third-order valence-corrected chi connectivity index (χ3v) is 5.72. The molecule has 0 spiro atoms. The van der Waals surface area contributed by atoms with Crippen molar-refractivity contribution >= 4 is 10.2 Å². The van der Waals surface area contributed by atoms with Crippen LogP contribution in [0.25, 0.3) is 0 Å². The van der Waals surface area contributed by atoms with Crippen LogP contribution in [0.4, 0.5) is 0 Å². The summed E-state index contributed by atoms with van der Waals surface area (Å²) in [6, 6.07) is 7.69. The number of hydrogen-bond donors (Lipinski definition) is 1. The van der Waals surface area contributed by atoms with E-state index in [1.165, 1.54) is 8.61 Å². The molecule has 0 aromatic heterocycles. The predicted molar refractivity (Wildman–Crippen MR) is 81.7 cm³/mol. The van der Waals surface area contributed by atoms with Crippen molar-refractivity contribution in [3.63, 3.8) is 0 Å². The average Bonchev–Trinajstić information content (AvgIpc) is 2.53. The van der Waals surface area contributed by atoms with E-state index in [1.807, 2.05) is 31.2 Å². The van der Waals surface area contributed by atoms with Gasteiger partial charge in [0, 0.05) is 32.7 Å². The van der Waals surface area contributed by atoms with Gasteiger partial charge in [-0.15, -0.1) is 0 Å². The van der Waals surface area contributed by atoms with E-state index in [0.717, 1.165) is 11.1 Å². The third kappa shape index (κ3) is 3.81. The standard InChI is InChI=1S/C14H23N3O3S/c1-2-16(12-14-6-4-3-5-13(14)11-15)21(18,19)17-7-9-20-10-8-17/h3-6H,2,7-12,15H2,1H3. The molecule has 2 N–H and O–H groups in total. The second-order valence-electron chi connectivity index (χ2n) is 4.92. The Morgan fingerprint density at radius 3 is 2.43 bits per heavy atom. The van der Waals surface area contributed by atoms with Crippen molar-refractivity contribution in [1.82, 2.24) is 8.61 Å². The maximum absolute atomic E-state index is 12.7. The predicted octanol–water partition coefficient (Wildman–Crippen LogP) is 0.544. The third-order valence-electron chi connectivity index (χ3n) is 3.66. The molecule has 1 aliphatic rings. The Morgan fingerprint density at radius 2 is 1.86 bits per heavy atom. The highest BCUT2D eigenvalue weighted by Gasteiger charge is 2.30. The second kappa shape index (κ2) is 7.33. The summed E-state index contributed by atoms with van der Waals surface area (Å²) in [5.41, 5.74) is 7.66. The van der Waals surface area contributed by atoms with Crippen molar-refractivity contribution in [3.8, 4) is 0 Å². The normalized spacial score (nSPS) is 17.3. The minimum Gasteiger partial charge on any atom is -0.379 e. The Bertz CT molecular complexity index is 556. The lowest BCUT2D eigenvalue weighted by Gasteiger charge is -2.31. The summed E-state index contributed by atoms with van der Waals surface area (Å²) >= 11 is 0. The molecule has 1 fully saturated rings. The number of hydrogen-bond acceptors (Lipinski definition) is 4. The van der Waals surface area contributed by atoms with Gasteiger partial charge in [0.15, 0.2) is 0 Å². The van der Waals surface area contributed by atoms with Crippen molar-refractivity contribution in [3.05, 3.63) is 35.4 Å². The molecule has 0 radical (unpaired) electrons. The monoisotopic (exact) mass is 313 g/mol. The van der Waals surface area contributed by atoms with Crippen molar-refractivity contribution in [2.45, 2.75) is 20.0 Å². The van der Waals surface area contributed by atoms with E-state index in [-0.39, 0.29) is 0 Å². The Balaban J connectivity index is 2.18. The minimum atomic E-state index is -3.45. The molecule has 0 aliphatic carbocycles. The SMILES string of the molecule is CCN(Cc1ccccc1CN)S(=O)(=O)N1CCOCC1. The lowest BCUT2D eigenvalue weighted by atomic mass is 10.1. The molecule has 118 valence electrons. The van der Waals surface area contributed by atoms with Crippen molar-refractivity contribution in [1.29, 1.82) is 0 Å². The quantitative estimate of drug-likeness (QED) is 0.832. The summed E-state index contributed by atoms with van der Waals surface area (Å²) < 4.78 is 33.6. The number of nitrogens with two attached hydrogens (primary N) is 1. The molecule has 1 aromatic carbocycles. The molecule has 1 heterocycles. The summed E-state index contributed by atoms with van der Waals surface area (Å²) in [5, 5.41) is 0. The fraction of sp³-hybridized carbons (Fsp3) is 0.571. The molecule has 0 saturated carbocycles. The van der Waals surface area contributed by atoms with E-state index in [4.69, 9.17) is 10.5 Å².